The first-order valence-electron chi connectivity index (χ1n) is 9.74. The van der Waals surface area contributed by atoms with E-state index in [9.17, 15) is 9.59 Å². The van der Waals surface area contributed by atoms with Crippen LogP contribution in [0.3, 0.4) is 0 Å². The van der Waals surface area contributed by atoms with Gasteiger partial charge in [-0.05, 0) is 60.2 Å². The molecule has 0 saturated heterocycles. The van der Waals surface area contributed by atoms with Crippen molar-refractivity contribution in [1.82, 2.24) is 5.32 Å². The molecule has 0 fully saturated rings. The van der Waals surface area contributed by atoms with Crippen molar-refractivity contribution < 1.29 is 9.59 Å². The first-order chi connectivity index (χ1) is 14.1. The van der Waals surface area contributed by atoms with E-state index < -0.39 is 0 Å². The fourth-order valence-electron chi connectivity index (χ4n) is 3.51. The highest BCUT2D eigenvalue weighted by molar-refractivity contribution is 7.12. The Morgan fingerprint density at radius 2 is 1.90 bits per heavy atom. The average molecular weight is 406 g/mol. The summed E-state index contributed by atoms with van der Waals surface area (Å²) in [6, 6.07) is 17.1. The van der Waals surface area contributed by atoms with Crippen molar-refractivity contribution in [1.29, 1.82) is 0 Å². The third kappa shape index (κ3) is 4.32. The predicted octanol–water partition coefficient (Wildman–Crippen LogP) is 4.31. The number of benzene rings is 2. The van der Waals surface area contributed by atoms with E-state index in [2.05, 4.69) is 34.6 Å². The molecular weight excluding hydrogens is 382 g/mol. The zero-order chi connectivity index (χ0) is 20.2. The molecule has 0 bridgehead atoms. The molecule has 4 rings (SSSR count). The maximum atomic E-state index is 12.6. The normalized spacial score (nSPS) is 12.5. The molecule has 3 aromatic rings. The van der Waals surface area contributed by atoms with Crippen LogP contribution in [0.25, 0.3) is 0 Å². The molecule has 148 valence electrons. The van der Waals surface area contributed by atoms with Crippen LogP contribution < -0.4 is 15.5 Å². The molecule has 5 nitrogen and oxygen atoms in total. The third-order valence-electron chi connectivity index (χ3n) is 5.13. The minimum absolute atomic E-state index is 0.0837. The second-order valence-corrected chi connectivity index (χ2v) is 7.93. The summed E-state index contributed by atoms with van der Waals surface area (Å²) in [5.41, 5.74) is 4.89. The van der Waals surface area contributed by atoms with Gasteiger partial charge in [0, 0.05) is 36.6 Å². The van der Waals surface area contributed by atoms with Gasteiger partial charge in [-0.25, -0.2) is 0 Å². The van der Waals surface area contributed by atoms with E-state index in [1.165, 1.54) is 22.6 Å². The molecule has 1 aliphatic rings. The molecule has 6 heteroatoms. The van der Waals surface area contributed by atoms with Crippen molar-refractivity contribution in [2.24, 2.45) is 0 Å². The van der Waals surface area contributed by atoms with Crippen LogP contribution in [0.5, 0.6) is 0 Å². The molecule has 0 aliphatic carbocycles. The fourth-order valence-corrected chi connectivity index (χ4v) is 4.15. The highest BCUT2D eigenvalue weighted by Gasteiger charge is 2.18. The van der Waals surface area contributed by atoms with Crippen molar-refractivity contribution in [3.8, 4) is 0 Å². The van der Waals surface area contributed by atoms with Crippen LogP contribution in [0.1, 0.15) is 38.1 Å². The van der Waals surface area contributed by atoms with Gasteiger partial charge in [-0.3, -0.25) is 9.59 Å². The molecule has 0 unspecified atom stereocenters. The summed E-state index contributed by atoms with van der Waals surface area (Å²) in [6.07, 6.45) is 1.06. The van der Waals surface area contributed by atoms with E-state index in [0.717, 1.165) is 30.8 Å². The van der Waals surface area contributed by atoms with Gasteiger partial charge in [0.15, 0.2) is 0 Å². The highest BCUT2D eigenvalue weighted by atomic mass is 32.1. The monoisotopic (exact) mass is 405 g/mol. The van der Waals surface area contributed by atoms with Crippen molar-refractivity contribution in [2.45, 2.75) is 19.9 Å². The minimum atomic E-state index is -0.139. The van der Waals surface area contributed by atoms with Crippen molar-refractivity contribution in [3.05, 3.63) is 81.5 Å². The summed E-state index contributed by atoms with van der Waals surface area (Å²) in [4.78, 5) is 27.6. The number of rotatable bonds is 6. The molecule has 29 heavy (non-hydrogen) atoms. The minimum Gasteiger partial charge on any atom is -0.371 e. The third-order valence-corrected chi connectivity index (χ3v) is 6.00. The quantitative estimate of drug-likeness (QED) is 0.642. The van der Waals surface area contributed by atoms with E-state index in [1.54, 1.807) is 18.2 Å². The molecule has 2 amide bonds. The summed E-state index contributed by atoms with van der Waals surface area (Å²) in [5, 5.41) is 7.75. The van der Waals surface area contributed by atoms with Gasteiger partial charge in [0.1, 0.15) is 0 Å². The van der Waals surface area contributed by atoms with Gasteiger partial charge >= 0.3 is 0 Å². The molecule has 0 saturated carbocycles. The molecule has 2 aromatic carbocycles. The Morgan fingerprint density at radius 3 is 2.62 bits per heavy atom. The highest BCUT2D eigenvalue weighted by Crippen LogP contribution is 2.30. The van der Waals surface area contributed by atoms with E-state index in [0.29, 0.717) is 17.0 Å². The average Bonchev–Trinajstić information content (AvgIpc) is 3.42. The molecule has 2 heterocycles. The SMILES string of the molecule is CCN1CCc2ccc(NC(=O)c3ccc(CNC(=O)c4cccs4)cc3)cc21. The summed E-state index contributed by atoms with van der Waals surface area (Å²) < 4.78 is 0. The largest absolute Gasteiger partial charge is 0.371 e. The summed E-state index contributed by atoms with van der Waals surface area (Å²) in [7, 11) is 0. The van der Waals surface area contributed by atoms with Crippen LogP contribution in [-0.4, -0.2) is 24.9 Å². The van der Waals surface area contributed by atoms with Gasteiger partial charge in [-0.1, -0.05) is 24.3 Å². The number of carbonyl (C=O) groups is 2. The zero-order valence-corrected chi connectivity index (χ0v) is 17.1. The van der Waals surface area contributed by atoms with Gasteiger partial charge in [-0.2, -0.15) is 0 Å². The molecular formula is C23H23N3O2S. The number of hydrogen-bond donors (Lipinski definition) is 2. The lowest BCUT2D eigenvalue weighted by molar-refractivity contribution is 0.0953. The number of nitrogens with one attached hydrogen (secondary N) is 2. The first-order valence-corrected chi connectivity index (χ1v) is 10.6. The van der Waals surface area contributed by atoms with Crippen LogP contribution >= 0.6 is 11.3 Å². The van der Waals surface area contributed by atoms with E-state index in [1.807, 2.05) is 29.6 Å². The maximum Gasteiger partial charge on any atom is 0.261 e. The summed E-state index contributed by atoms with van der Waals surface area (Å²) in [6.45, 7) is 4.57. The number of anilines is 2. The number of nitrogens with zero attached hydrogens (tertiary/aromatic N) is 1. The lowest BCUT2D eigenvalue weighted by atomic mass is 10.1. The fraction of sp³-hybridized carbons (Fsp3) is 0.217. The number of carbonyl (C=O) groups excluding carboxylic acids is 2. The molecule has 0 spiro atoms. The van der Waals surface area contributed by atoms with Crippen LogP contribution in [0.2, 0.25) is 0 Å². The second kappa shape index (κ2) is 8.49. The van der Waals surface area contributed by atoms with Gasteiger partial charge < -0.3 is 15.5 Å². The number of hydrogen-bond acceptors (Lipinski definition) is 4. The Labute approximate surface area is 174 Å². The molecule has 1 aliphatic heterocycles. The molecule has 2 N–H and O–H groups in total. The number of thiophene rings is 1. The van der Waals surface area contributed by atoms with Gasteiger partial charge in [0.25, 0.3) is 11.8 Å². The Kier molecular flexibility index (Phi) is 5.62. The summed E-state index contributed by atoms with van der Waals surface area (Å²) >= 11 is 1.41. The predicted molar refractivity (Wildman–Crippen MR) is 118 cm³/mol. The Bertz CT molecular complexity index is 1010. The van der Waals surface area contributed by atoms with Crippen molar-refractivity contribution in [3.63, 3.8) is 0 Å². The smallest absolute Gasteiger partial charge is 0.261 e. The zero-order valence-electron chi connectivity index (χ0n) is 16.3. The Hall–Kier alpha value is -3.12. The topological polar surface area (TPSA) is 61.4 Å². The summed E-state index contributed by atoms with van der Waals surface area (Å²) in [5.74, 6) is -0.222. The van der Waals surface area contributed by atoms with Gasteiger partial charge in [-0.15, -0.1) is 11.3 Å². The standard InChI is InChI=1S/C23H23N3O2S/c1-2-26-12-11-17-9-10-19(14-20(17)26)25-22(27)18-7-5-16(6-8-18)15-24-23(28)21-4-3-13-29-21/h3-10,13-14H,2,11-12,15H2,1H3,(H,24,28)(H,25,27). The Balaban J connectivity index is 1.37. The van der Waals surface area contributed by atoms with E-state index >= 15 is 0 Å². The first kappa shape index (κ1) is 19.2. The van der Waals surface area contributed by atoms with Crippen LogP contribution in [0.4, 0.5) is 11.4 Å². The van der Waals surface area contributed by atoms with E-state index in [4.69, 9.17) is 0 Å². The van der Waals surface area contributed by atoms with Crippen molar-refractivity contribution >= 4 is 34.5 Å². The number of fused-ring (bicyclic) bond motifs is 1. The van der Waals surface area contributed by atoms with Crippen molar-refractivity contribution in [2.75, 3.05) is 23.3 Å². The maximum absolute atomic E-state index is 12.6. The second-order valence-electron chi connectivity index (χ2n) is 6.98. The van der Waals surface area contributed by atoms with Gasteiger partial charge in [0.05, 0.1) is 4.88 Å². The lowest BCUT2D eigenvalue weighted by Crippen LogP contribution is -2.21. The van der Waals surface area contributed by atoms with Crippen LogP contribution in [0.15, 0.2) is 60.0 Å². The molecule has 0 radical (unpaired) electrons. The Morgan fingerprint density at radius 1 is 1.07 bits per heavy atom. The lowest BCUT2D eigenvalue weighted by Gasteiger charge is -2.17. The van der Waals surface area contributed by atoms with Crippen LogP contribution in [0, 0.1) is 0 Å². The van der Waals surface area contributed by atoms with Gasteiger partial charge in [0.2, 0.25) is 0 Å². The molecule has 0 atom stereocenters. The number of amides is 2. The van der Waals surface area contributed by atoms with Crippen LogP contribution in [-0.2, 0) is 13.0 Å². The van der Waals surface area contributed by atoms with E-state index in [-0.39, 0.29) is 11.8 Å². The number of likely N-dealkylation sites (N-methyl/N-ethyl adjacent to an activating group) is 1. The molecule has 1 aromatic heterocycles.